The number of rotatable bonds is 4. The number of benzene rings is 1. The maximum atomic E-state index is 11.9. The zero-order valence-electron chi connectivity index (χ0n) is 11.9. The van der Waals surface area contributed by atoms with Gasteiger partial charge >= 0.3 is 6.03 Å². The number of halogens is 1. The summed E-state index contributed by atoms with van der Waals surface area (Å²) in [5.74, 6) is 0.498. The molecule has 1 heterocycles. The van der Waals surface area contributed by atoms with Crippen LogP contribution in [-0.2, 0) is 0 Å². The lowest BCUT2D eigenvalue weighted by Gasteiger charge is -2.07. The smallest absolute Gasteiger partial charge is 0.320 e. The molecule has 1 fully saturated rings. The average Bonchev–Trinajstić information content (AvgIpc) is 3.29. The van der Waals surface area contributed by atoms with Crippen LogP contribution in [-0.4, -0.2) is 22.0 Å². The second kappa shape index (κ2) is 6.21. The maximum Gasteiger partial charge on any atom is 0.320 e. The first kappa shape index (κ1) is 15.2. The van der Waals surface area contributed by atoms with E-state index in [1.807, 2.05) is 6.07 Å². The highest BCUT2D eigenvalue weighted by atomic mass is 35.5. The van der Waals surface area contributed by atoms with Gasteiger partial charge in [0.15, 0.2) is 0 Å². The minimum atomic E-state index is -0.423. The molecule has 2 amide bonds. The fourth-order valence-electron chi connectivity index (χ4n) is 2.36. The highest BCUT2D eigenvalue weighted by Crippen LogP contribution is 2.41. The van der Waals surface area contributed by atoms with Crippen molar-refractivity contribution in [2.24, 2.45) is 0 Å². The summed E-state index contributed by atoms with van der Waals surface area (Å²) in [6.45, 7) is 0. The van der Waals surface area contributed by atoms with Gasteiger partial charge in [0.1, 0.15) is 5.82 Å². The number of nitro benzene ring substituents is 1. The number of pyridine rings is 1. The van der Waals surface area contributed by atoms with Gasteiger partial charge in [-0.05, 0) is 24.1 Å². The Labute approximate surface area is 136 Å². The van der Waals surface area contributed by atoms with Crippen LogP contribution in [0.25, 0.3) is 0 Å². The summed E-state index contributed by atoms with van der Waals surface area (Å²) in [4.78, 5) is 26.2. The van der Waals surface area contributed by atoms with E-state index in [9.17, 15) is 14.9 Å². The third kappa shape index (κ3) is 3.75. The molecule has 0 saturated heterocycles. The Morgan fingerprint density at radius 3 is 2.87 bits per heavy atom. The van der Waals surface area contributed by atoms with Crippen molar-refractivity contribution in [3.63, 3.8) is 0 Å². The molecule has 0 radical (unpaired) electrons. The number of anilines is 1. The van der Waals surface area contributed by atoms with Gasteiger partial charge in [-0.1, -0.05) is 23.7 Å². The largest absolute Gasteiger partial charge is 0.334 e. The van der Waals surface area contributed by atoms with Gasteiger partial charge in [-0.15, -0.1) is 0 Å². The SMILES string of the molecule is O=C(Nc1ccc(Cl)cn1)N[C@@H]1C[C@@H]1c1cccc([N+](=O)[O-])c1. The summed E-state index contributed by atoms with van der Waals surface area (Å²) in [5, 5.41) is 16.7. The van der Waals surface area contributed by atoms with E-state index in [2.05, 4.69) is 15.6 Å². The molecular weight excluding hydrogens is 320 g/mol. The van der Waals surface area contributed by atoms with E-state index in [-0.39, 0.29) is 23.7 Å². The molecule has 1 aromatic heterocycles. The Morgan fingerprint density at radius 2 is 2.17 bits per heavy atom. The van der Waals surface area contributed by atoms with Crippen LogP contribution in [0, 0.1) is 10.1 Å². The number of aromatic nitrogens is 1. The van der Waals surface area contributed by atoms with E-state index in [0.29, 0.717) is 10.8 Å². The molecule has 1 aliphatic carbocycles. The van der Waals surface area contributed by atoms with Gasteiger partial charge in [0.25, 0.3) is 5.69 Å². The predicted molar refractivity (Wildman–Crippen MR) is 85.6 cm³/mol. The van der Waals surface area contributed by atoms with Crippen LogP contribution in [0.15, 0.2) is 42.6 Å². The molecule has 1 aromatic carbocycles. The topological polar surface area (TPSA) is 97.2 Å². The third-order valence-corrected chi connectivity index (χ3v) is 3.81. The van der Waals surface area contributed by atoms with Gasteiger partial charge in [-0.25, -0.2) is 9.78 Å². The van der Waals surface area contributed by atoms with E-state index in [0.717, 1.165) is 12.0 Å². The number of hydrogen-bond acceptors (Lipinski definition) is 4. The number of hydrogen-bond donors (Lipinski definition) is 2. The lowest BCUT2D eigenvalue weighted by molar-refractivity contribution is -0.384. The molecule has 1 aliphatic rings. The molecule has 2 atom stereocenters. The number of non-ortho nitro benzene ring substituents is 1. The lowest BCUT2D eigenvalue weighted by atomic mass is 10.1. The molecule has 3 rings (SSSR count). The minimum absolute atomic E-state index is 0.0377. The van der Waals surface area contributed by atoms with Crippen molar-refractivity contribution < 1.29 is 9.72 Å². The van der Waals surface area contributed by atoms with Crippen LogP contribution in [0.3, 0.4) is 0 Å². The molecule has 0 unspecified atom stereocenters. The molecule has 8 heteroatoms. The van der Waals surface area contributed by atoms with Crippen molar-refractivity contribution in [1.29, 1.82) is 0 Å². The lowest BCUT2D eigenvalue weighted by Crippen LogP contribution is -2.31. The van der Waals surface area contributed by atoms with Crippen LogP contribution >= 0.6 is 11.6 Å². The Morgan fingerprint density at radius 1 is 1.35 bits per heavy atom. The van der Waals surface area contributed by atoms with E-state index < -0.39 is 4.92 Å². The second-order valence-corrected chi connectivity index (χ2v) is 5.70. The van der Waals surface area contributed by atoms with Gasteiger partial charge < -0.3 is 5.32 Å². The van der Waals surface area contributed by atoms with Crippen LogP contribution in [0.2, 0.25) is 5.02 Å². The summed E-state index contributed by atoms with van der Waals surface area (Å²) in [5.41, 5.74) is 0.914. The highest BCUT2D eigenvalue weighted by Gasteiger charge is 2.40. The molecule has 0 spiro atoms. The zero-order chi connectivity index (χ0) is 16.4. The van der Waals surface area contributed by atoms with Gasteiger partial charge in [-0.2, -0.15) is 0 Å². The van der Waals surface area contributed by atoms with E-state index in [1.165, 1.54) is 12.3 Å². The Balaban J connectivity index is 1.56. The van der Waals surface area contributed by atoms with Crippen molar-refractivity contribution in [3.8, 4) is 0 Å². The van der Waals surface area contributed by atoms with Gasteiger partial charge in [0.2, 0.25) is 0 Å². The molecule has 118 valence electrons. The van der Waals surface area contributed by atoms with Crippen molar-refractivity contribution >= 4 is 29.1 Å². The fraction of sp³-hybridized carbons (Fsp3) is 0.200. The standard InChI is InChI=1S/C15H13ClN4O3/c16-10-4-5-14(17-8-10)19-15(21)18-13-7-12(13)9-2-1-3-11(6-9)20(22)23/h1-6,8,12-13H,7H2,(H2,17,18,19,21)/t12-,13-/m1/s1. The van der Waals surface area contributed by atoms with E-state index in [1.54, 1.807) is 24.3 Å². The molecular formula is C15H13ClN4O3. The summed E-state index contributed by atoms with van der Waals surface area (Å²) in [6, 6.07) is 9.32. The Hall–Kier alpha value is -2.67. The number of nitrogens with zero attached hydrogens (tertiary/aromatic N) is 2. The number of nitro groups is 1. The second-order valence-electron chi connectivity index (χ2n) is 5.26. The monoisotopic (exact) mass is 332 g/mol. The fourth-order valence-corrected chi connectivity index (χ4v) is 2.47. The van der Waals surface area contributed by atoms with Crippen LogP contribution in [0.4, 0.5) is 16.3 Å². The molecule has 0 aliphatic heterocycles. The highest BCUT2D eigenvalue weighted by molar-refractivity contribution is 6.30. The molecule has 0 bridgehead atoms. The number of urea groups is 1. The number of carbonyl (C=O) groups is 1. The van der Waals surface area contributed by atoms with Crippen molar-refractivity contribution in [1.82, 2.24) is 10.3 Å². The first-order valence-corrected chi connectivity index (χ1v) is 7.34. The predicted octanol–water partition coefficient (Wildman–Crippen LogP) is 3.32. The van der Waals surface area contributed by atoms with Crippen LogP contribution < -0.4 is 10.6 Å². The van der Waals surface area contributed by atoms with Gasteiger partial charge in [0, 0.05) is 30.3 Å². The number of carbonyl (C=O) groups excluding carboxylic acids is 1. The molecule has 2 aromatic rings. The van der Waals surface area contributed by atoms with Crippen molar-refractivity contribution in [2.75, 3.05) is 5.32 Å². The normalized spacial score (nSPS) is 19.0. The molecule has 2 N–H and O–H groups in total. The number of nitrogens with one attached hydrogen (secondary N) is 2. The Bertz CT molecular complexity index is 751. The maximum absolute atomic E-state index is 11.9. The number of amides is 2. The Kier molecular flexibility index (Phi) is 4.12. The molecule has 23 heavy (non-hydrogen) atoms. The summed E-state index contributed by atoms with van der Waals surface area (Å²) in [7, 11) is 0. The van der Waals surface area contributed by atoms with Crippen LogP contribution in [0.5, 0.6) is 0 Å². The van der Waals surface area contributed by atoms with Crippen molar-refractivity contribution in [2.45, 2.75) is 18.4 Å². The minimum Gasteiger partial charge on any atom is -0.334 e. The first-order chi connectivity index (χ1) is 11.0. The average molecular weight is 333 g/mol. The first-order valence-electron chi connectivity index (χ1n) is 6.96. The third-order valence-electron chi connectivity index (χ3n) is 3.59. The van der Waals surface area contributed by atoms with E-state index in [4.69, 9.17) is 11.6 Å². The van der Waals surface area contributed by atoms with Gasteiger partial charge in [0.05, 0.1) is 9.95 Å². The van der Waals surface area contributed by atoms with Crippen LogP contribution in [0.1, 0.15) is 17.9 Å². The quantitative estimate of drug-likeness (QED) is 0.663. The van der Waals surface area contributed by atoms with E-state index >= 15 is 0 Å². The summed E-state index contributed by atoms with van der Waals surface area (Å²) >= 11 is 5.73. The van der Waals surface area contributed by atoms with Gasteiger partial charge in [-0.3, -0.25) is 15.4 Å². The van der Waals surface area contributed by atoms with Crippen molar-refractivity contribution in [3.05, 3.63) is 63.3 Å². The summed E-state index contributed by atoms with van der Waals surface area (Å²) < 4.78 is 0. The summed E-state index contributed by atoms with van der Waals surface area (Å²) in [6.07, 6.45) is 2.20. The molecule has 1 saturated carbocycles. The molecule has 7 nitrogen and oxygen atoms in total. The zero-order valence-corrected chi connectivity index (χ0v) is 12.7.